The van der Waals surface area contributed by atoms with Gasteiger partial charge in [-0.25, -0.2) is 0 Å². The minimum Gasteiger partial charge on any atom is -0.329 e. The first-order valence-corrected chi connectivity index (χ1v) is 7.00. The number of hydrogen-bond acceptors (Lipinski definition) is 3. The quantitative estimate of drug-likeness (QED) is 0.892. The van der Waals surface area contributed by atoms with Gasteiger partial charge in [-0.2, -0.15) is 0 Å². The van der Waals surface area contributed by atoms with Gasteiger partial charge < -0.3 is 5.73 Å². The smallest absolute Gasteiger partial charge is 0.0488 e. The molecule has 0 aliphatic carbocycles. The second-order valence-corrected chi connectivity index (χ2v) is 5.70. The molecular formula is C15H25N3. The van der Waals surface area contributed by atoms with E-state index in [0.717, 1.165) is 18.2 Å². The van der Waals surface area contributed by atoms with E-state index < -0.39 is 0 Å². The second-order valence-electron chi connectivity index (χ2n) is 5.70. The standard InChI is InChI=1S/C15H25N3/c1-11-6-7-18(13(3)8-11)15(9-16)14-5-4-12(2)17-10-14/h4-5,10-11,13,15H,6-9,16H2,1-3H3. The van der Waals surface area contributed by atoms with Crippen LogP contribution in [0.15, 0.2) is 18.3 Å². The molecule has 0 saturated carbocycles. The van der Waals surface area contributed by atoms with Crippen LogP contribution in [0.4, 0.5) is 0 Å². The maximum absolute atomic E-state index is 6.00. The van der Waals surface area contributed by atoms with Crippen molar-refractivity contribution in [2.45, 2.75) is 45.7 Å². The fraction of sp³-hybridized carbons (Fsp3) is 0.667. The molecule has 1 fully saturated rings. The summed E-state index contributed by atoms with van der Waals surface area (Å²) in [5.74, 6) is 0.839. The van der Waals surface area contributed by atoms with Crippen LogP contribution in [0.5, 0.6) is 0 Å². The van der Waals surface area contributed by atoms with E-state index >= 15 is 0 Å². The topological polar surface area (TPSA) is 42.1 Å². The molecule has 18 heavy (non-hydrogen) atoms. The maximum atomic E-state index is 6.00. The molecular weight excluding hydrogens is 222 g/mol. The van der Waals surface area contributed by atoms with Crippen molar-refractivity contribution in [2.24, 2.45) is 11.7 Å². The molecule has 2 heterocycles. The van der Waals surface area contributed by atoms with Crippen LogP contribution in [0.2, 0.25) is 0 Å². The number of nitrogens with zero attached hydrogens (tertiary/aromatic N) is 2. The van der Waals surface area contributed by atoms with Gasteiger partial charge in [0.05, 0.1) is 0 Å². The number of piperidine rings is 1. The molecule has 3 nitrogen and oxygen atoms in total. The third kappa shape index (κ3) is 2.90. The summed E-state index contributed by atoms with van der Waals surface area (Å²) in [5.41, 5.74) is 8.32. The zero-order chi connectivity index (χ0) is 13.1. The van der Waals surface area contributed by atoms with Crippen LogP contribution in [-0.2, 0) is 0 Å². The molecule has 3 unspecified atom stereocenters. The molecule has 0 radical (unpaired) electrons. The van der Waals surface area contributed by atoms with Gasteiger partial charge in [0.1, 0.15) is 0 Å². The summed E-state index contributed by atoms with van der Waals surface area (Å²) in [6.45, 7) is 8.51. The second kappa shape index (κ2) is 5.81. The molecule has 1 aliphatic rings. The van der Waals surface area contributed by atoms with E-state index in [1.165, 1.54) is 18.4 Å². The van der Waals surface area contributed by atoms with E-state index in [9.17, 15) is 0 Å². The summed E-state index contributed by atoms with van der Waals surface area (Å²) in [4.78, 5) is 6.95. The van der Waals surface area contributed by atoms with E-state index in [4.69, 9.17) is 5.73 Å². The van der Waals surface area contributed by atoms with Crippen LogP contribution >= 0.6 is 0 Å². The molecule has 1 aromatic heterocycles. The lowest BCUT2D eigenvalue weighted by Gasteiger charge is -2.41. The zero-order valence-corrected chi connectivity index (χ0v) is 11.8. The van der Waals surface area contributed by atoms with Gasteiger partial charge in [0.15, 0.2) is 0 Å². The van der Waals surface area contributed by atoms with Gasteiger partial charge in [0.25, 0.3) is 0 Å². The number of rotatable bonds is 3. The molecule has 0 spiro atoms. The summed E-state index contributed by atoms with van der Waals surface area (Å²) < 4.78 is 0. The first-order chi connectivity index (χ1) is 8.61. The maximum Gasteiger partial charge on any atom is 0.0488 e. The Balaban J connectivity index is 2.15. The summed E-state index contributed by atoms with van der Waals surface area (Å²) in [7, 11) is 0. The largest absolute Gasteiger partial charge is 0.329 e. The van der Waals surface area contributed by atoms with E-state index in [2.05, 4.69) is 35.9 Å². The van der Waals surface area contributed by atoms with Crippen LogP contribution in [0.3, 0.4) is 0 Å². The SMILES string of the molecule is Cc1ccc(C(CN)N2CCC(C)CC2C)cn1. The highest BCUT2D eigenvalue weighted by Crippen LogP contribution is 2.30. The Morgan fingerprint density at radius 3 is 2.78 bits per heavy atom. The summed E-state index contributed by atoms with van der Waals surface area (Å²) >= 11 is 0. The molecule has 2 rings (SSSR count). The zero-order valence-electron chi connectivity index (χ0n) is 11.8. The summed E-state index contributed by atoms with van der Waals surface area (Å²) in [6.07, 6.45) is 4.54. The van der Waals surface area contributed by atoms with E-state index in [1.807, 2.05) is 13.1 Å². The van der Waals surface area contributed by atoms with Crippen molar-refractivity contribution in [3.63, 3.8) is 0 Å². The minimum atomic E-state index is 0.320. The van der Waals surface area contributed by atoms with Gasteiger partial charge in [0, 0.05) is 30.5 Å². The Morgan fingerprint density at radius 2 is 2.22 bits per heavy atom. The molecule has 1 aliphatic heterocycles. The lowest BCUT2D eigenvalue weighted by molar-refractivity contribution is 0.0846. The minimum absolute atomic E-state index is 0.320. The monoisotopic (exact) mass is 247 g/mol. The Hall–Kier alpha value is -0.930. The molecule has 1 saturated heterocycles. The van der Waals surface area contributed by atoms with E-state index in [1.54, 1.807) is 0 Å². The average Bonchev–Trinajstić information content (AvgIpc) is 2.35. The van der Waals surface area contributed by atoms with Crippen LogP contribution in [0, 0.1) is 12.8 Å². The Morgan fingerprint density at radius 1 is 1.44 bits per heavy atom. The van der Waals surface area contributed by atoms with Crippen molar-refractivity contribution in [1.29, 1.82) is 0 Å². The lowest BCUT2D eigenvalue weighted by Crippen LogP contribution is -2.44. The van der Waals surface area contributed by atoms with E-state index in [-0.39, 0.29) is 0 Å². The van der Waals surface area contributed by atoms with Crippen molar-refractivity contribution in [3.05, 3.63) is 29.6 Å². The number of nitrogens with two attached hydrogens (primary N) is 1. The highest BCUT2D eigenvalue weighted by molar-refractivity contribution is 5.18. The van der Waals surface area contributed by atoms with Gasteiger partial charge >= 0.3 is 0 Å². The van der Waals surface area contributed by atoms with Crippen molar-refractivity contribution >= 4 is 0 Å². The molecule has 100 valence electrons. The van der Waals surface area contributed by atoms with Gasteiger partial charge in [-0.05, 0) is 50.8 Å². The number of pyridine rings is 1. The Labute approximate surface area is 110 Å². The van der Waals surface area contributed by atoms with Gasteiger partial charge in [-0.1, -0.05) is 13.0 Å². The van der Waals surface area contributed by atoms with Crippen molar-refractivity contribution in [2.75, 3.05) is 13.1 Å². The van der Waals surface area contributed by atoms with Gasteiger partial charge in [-0.3, -0.25) is 9.88 Å². The number of aryl methyl sites for hydroxylation is 1. The lowest BCUT2D eigenvalue weighted by atomic mass is 9.91. The van der Waals surface area contributed by atoms with Crippen LogP contribution in [0.25, 0.3) is 0 Å². The number of aromatic nitrogens is 1. The summed E-state index contributed by atoms with van der Waals surface area (Å²) in [6, 6.07) is 5.18. The van der Waals surface area contributed by atoms with Crippen LogP contribution in [0.1, 0.15) is 44.0 Å². The summed E-state index contributed by atoms with van der Waals surface area (Å²) in [5, 5.41) is 0. The molecule has 0 bridgehead atoms. The molecule has 3 heteroatoms. The van der Waals surface area contributed by atoms with Gasteiger partial charge in [-0.15, -0.1) is 0 Å². The predicted octanol–water partition coefficient (Wildman–Crippen LogP) is 2.51. The molecule has 2 N–H and O–H groups in total. The fourth-order valence-corrected chi connectivity index (χ4v) is 3.03. The van der Waals surface area contributed by atoms with Crippen LogP contribution < -0.4 is 5.73 Å². The fourth-order valence-electron chi connectivity index (χ4n) is 3.03. The Bertz CT molecular complexity index is 374. The third-order valence-corrected chi connectivity index (χ3v) is 4.13. The first-order valence-electron chi connectivity index (χ1n) is 7.00. The van der Waals surface area contributed by atoms with Crippen molar-refractivity contribution in [3.8, 4) is 0 Å². The van der Waals surface area contributed by atoms with Crippen molar-refractivity contribution in [1.82, 2.24) is 9.88 Å². The molecule has 0 aromatic carbocycles. The third-order valence-electron chi connectivity index (χ3n) is 4.13. The normalized spacial score (nSPS) is 27.1. The molecule has 1 aromatic rings. The average molecular weight is 247 g/mol. The highest BCUT2D eigenvalue weighted by atomic mass is 15.2. The molecule has 0 amide bonds. The number of likely N-dealkylation sites (tertiary alicyclic amines) is 1. The first kappa shape index (κ1) is 13.5. The molecule has 3 atom stereocenters. The van der Waals surface area contributed by atoms with Gasteiger partial charge in [0.2, 0.25) is 0 Å². The highest BCUT2D eigenvalue weighted by Gasteiger charge is 2.29. The Kier molecular flexibility index (Phi) is 4.36. The number of hydrogen-bond donors (Lipinski definition) is 1. The van der Waals surface area contributed by atoms with E-state index in [0.29, 0.717) is 18.6 Å². The van der Waals surface area contributed by atoms with Crippen LogP contribution in [-0.4, -0.2) is 29.0 Å². The predicted molar refractivity (Wildman–Crippen MR) is 75.3 cm³/mol. The van der Waals surface area contributed by atoms with Crippen molar-refractivity contribution < 1.29 is 0 Å².